The van der Waals surface area contributed by atoms with E-state index in [0.717, 1.165) is 25.1 Å². The monoisotopic (exact) mass is 262 g/mol. The Morgan fingerprint density at radius 2 is 2.05 bits per heavy atom. The Balaban J connectivity index is 2.00. The predicted octanol–water partition coefficient (Wildman–Crippen LogP) is 1.63. The number of nitrogens with zero attached hydrogens (tertiary/aromatic N) is 1. The largest absolute Gasteiger partial charge is 0.489 e. The molecule has 2 N–H and O–H groups in total. The van der Waals surface area contributed by atoms with Gasteiger partial charge in [0.1, 0.15) is 11.9 Å². The van der Waals surface area contributed by atoms with Crippen molar-refractivity contribution >= 4 is 5.91 Å². The first kappa shape index (κ1) is 13.9. The summed E-state index contributed by atoms with van der Waals surface area (Å²) >= 11 is 0. The van der Waals surface area contributed by atoms with Crippen LogP contribution in [-0.2, 0) is 4.79 Å². The third kappa shape index (κ3) is 3.70. The lowest BCUT2D eigenvalue weighted by Crippen LogP contribution is -2.46. The van der Waals surface area contributed by atoms with Crippen molar-refractivity contribution in [3.05, 3.63) is 29.3 Å². The minimum atomic E-state index is 0.00808. The second-order valence-corrected chi connectivity index (χ2v) is 5.25. The van der Waals surface area contributed by atoms with Gasteiger partial charge in [-0.25, -0.2) is 0 Å². The molecule has 1 amide bonds. The van der Waals surface area contributed by atoms with Crippen molar-refractivity contribution in [2.24, 2.45) is 5.73 Å². The molecule has 2 rings (SSSR count). The molecule has 1 aliphatic rings. The molecule has 0 spiro atoms. The number of aryl methyl sites for hydroxylation is 2. The van der Waals surface area contributed by atoms with Crippen molar-refractivity contribution < 1.29 is 9.53 Å². The molecular formula is C15H22N2O2. The van der Waals surface area contributed by atoms with Gasteiger partial charge in [0.05, 0.1) is 13.1 Å². The van der Waals surface area contributed by atoms with E-state index >= 15 is 0 Å². The van der Waals surface area contributed by atoms with E-state index in [1.807, 2.05) is 12.1 Å². The number of benzene rings is 1. The van der Waals surface area contributed by atoms with Crippen molar-refractivity contribution in [1.29, 1.82) is 0 Å². The van der Waals surface area contributed by atoms with Gasteiger partial charge >= 0.3 is 0 Å². The highest BCUT2D eigenvalue weighted by molar-refractivity contribution is 5.78. The molecule has 1 atom stereocenters. The Hall–Kier alpha value is -1.55. The zero-order valence-corrected chi connectivity index (χ0v) is 11.7. The Bertz CT molecular complexity index is 439. The maximum atomic E-state index is 11.6. The second-order valence-electron chi connectivity index (χ2n) is 5.25. The summed E-state index contributed by atoms with van der Waals surface area (Å²) < 4.78 is 6.01. The summed E-state index contributed by atoms with van der Waals surface area (Å²) in [4.78, 5) is 13.4. The summed E-state index contributed by atoms with van der Waals surface area (Å²) in [6, 6.07) is 6.20. The number of carbonyl (C=O) groups excluding carboxylic acids is 1. The molecule has 19 heavy (non-hydrogen) atoms. The van der Waals surface area contributed by atoms with Crippen LogP contribution in [0.4, 0.5) is 0 Å². The Labute approximate surface area is 114 Å². The highest BCUT2D eigenvalue weighted by Crippen LogP contribution is 2.21. The molecule has 0 bridgehead atoms. The highest BCUT2D eigenvalue weighted by atomic mass is 16.5. The molecule has 0 aromatic heterocycles. The Morgan fingerprint density at radius 3 is 2.68 bits per heavy atom. The first-order valence-electron chi connectivity index (χ1n) is 6.81. The van der Waals surface area contributed by atoms with Gasteiger partial charge in [-0.15, -0.1) is 0 Å². The van der Waals surface area contributed by atoms with Gasteiger partial charge in [-0.2, -0.15) is 0 Å². The number of hydrogen-bond acceptors (Lipinski definition) is 3. The molecule has 1 unspecified atom stereocenters. The predicted molar refractivity (Wildman–Crippen MR) is 75.2 cm³/mol. The number of nitrogens with two attached hydrogens (primary N) is 1. The van der Waals surface area contributed by atoms with Crippen LogP contribution in [0.3, 0.4) is 0 Å². The molecule has 0 radical (unpaired) electrons. The van der Waals surface area contributed by atoms with Crippen molar-refractivity contribution in [1.82, 2.24) is 4.90 Å². The summed E-state index contributed by atoms with van der Waals surface area (Å²) in [7, 11) is 0. The maximum absolute atomic E-state index is 11.6. The van der Waals surface area contributed by atoms with Crippen molar-refractivity contribution in [2.75, 3.05) is 19.6 Å². The van der Waals surface area contributed by atoms with Crippen LogP contribution >= 0.6 is 0 Å². The summed E-state index contributed by atoms with van der Waals surface area (Å²) in [5, 5.41) is 0. The van der Waals surface area contributed by atoms with E-state index in [2.05, 4.69) is 19.9 Å². The van der Waals surface area contributed by atoms with Gasteiger partial charge < -0.3 is 15.4 Å². The Morgan fingerprint density at radius 1 is 1.37 bits per heavy atom. The third-order valence-electron chi connectivity index (χ3n) is 3.40. The van der Waals surface area contributed by atoms with Gasteiger partial charge in [-0.3, -0.25) is 4.79 Å². The van der Waals surface area contributed by atoms with Crippen LogP contribution in [0.5, 0.6) is 5.75 Å². The van der Waals surface area contributed by atoms with Crippen molar-refractivity contribution in [3.8, 4) is 5.75 Å². The summed E-state index contributed by atoms with van der Waals surface area (Å²) in [6.07, 6.45) is 2.04. The van der Waals surface area contributed by atoms with Gasteiger partial charge in [0.15, 0.2) is 0 Å². The van der Waals surface area contributed by atoms with E-state index in [0.29, 0.717) is 6.54 Å². The normalized spacial score (nSPS) is 19.3. The zero-order valence-electron chi connectivity index (χ0n) is 11.7. The van der Waals surface area contributed by atoms with E-state index < -0.39 is 0 Å². The molecule has 0 aliphatic carbocycles. The van der Waals surface area contributed by atoms with Crippen LogP contribution in [-0.4, -0.2) is 36.5 Å². The van der Waals surface area contributed by atoms with E-state index in [4.69, 9.17) is 10.5 Å². The SMILES string of the molecule is Cc1cc(C)cc(OC2CCCN(C(=O)CN)C2)c1. The molecule has 1 aliphatic heterocycles. The topological polar surface area (TPSA) is 55.6 Å². The second kappa shape index (κ2) is 6.06. The van der Waals surface area contributed by atoms with Gasteiger partial charge in [0, 0.05) is 6.54 Å². The summed E-state index contributed by atoms with van der Waals surface area (Å²) in [6.45, 7) is 5.64. The first-order chi connectivity index (χ1) is 9.08. The average Bonchev–Trinajstić information content (AvgIpc) is 2.37. The van der Waals surface area contributed by atoms with Crippen LogP contribution in [0, 0.1) is 13.8 Å². The van der Waals surface area contributed by atoms with Crippen molar-refractivity contribution in [3.63, 3.8) is 0 Å². The molecule has 4 heteroatoms. The minimum Gasteiger partial charge on any atom is -0.489 e. The van der Waals surface area contributed by atoms with Crippen LogP contribution < -0.4 is 10.5 Å². The van der Waals surface area contributed by atoms with Gasteiger partial charge in [0.2, 0.25) is 5.91 Å². The third-order valence-corrected chi connectivity index (χ3v) is 3.40. The van der Waals surface area contributed by atoms with Gasteiger partial charge in [-0.1, -0.05) is 6.07 Å². The fourth-order valence-corrected chi connectivity index (χ4v) is 2.58. The van der Waals surface area contributed by atoms with Crippen LogP contribution in [0.15, 0.2) is 18.2 Å². The van der Waals surface area contributed by atoms with E-state index in [1.54, 1.807) is 4.90 Å². The van der Waals surface area contributed by atoms with Crippen LogP contribution in [0.25, 0.3) is 0 Å². The number of piperidine rings is 1. The van der Waals surface area contributed by atoms with Gasteiger partial charge in [-0.05, 0) is 49.9 Å². The van der Waals surface area contributed by atoms with E-state index in [-0.39, 0.29) is 18.6 Å². The minimum absolute atomic E-state index is 0.00808. The van der Waals surface area contributed by atoms with E-state index in [1.165, 1.54) is 11.1 Å². The lowest BCUT2D eigenvalue weighted by molar-refractivity contribution is -0.132. The van der Waals surface area contributed by atoms with E-state index in [9.17, 15) is 4.79 Å². The first-order valence-corrected chi connectivity index (χ1v) is 6.81. The number of rotatable bonds is 3. The van der Waals surface area contributed by atoms with Gasteiger partial charge in [0.25, 0.3) is 0 Å². The molecule has 1 heterocycles. The fraction of sp³-hybridized carbons (Fsp3) is 0.533. The smallest absolute Gasteiger partial charge is 0.236 e. The quantitative estimate of drug-likeness (QED) is 0.901. The number of carbonyl (C=O) groups is 1. The molecule has 0 saturated carbocycles. The number of likely N-dealkylation sites (tertiary alicyclic amines) is 1. The number of ether oxygens (including phenoxy) is 1. The lowest BCUT2D eigenvalue weighted by Gasteiger charge is -2.32. The average molecular weight is 262 g/mol. The number of amides is 1. The Kier molecular flexibility index (Phi) is 4.43. The lowest BCUT2D eigenvalue weighted by atomic mass is 10.1. The highest BCUT2D eigenvalue weighted by Gasteiger charge is 2.24. The number of hydrogen-bond donors (Lipinski definition) is 1. The van der Waals surface area contributed by atoms with Crippen LogP contribution in [0.1, 0.15) is 24.0 Å². The molecule has 1 saturated heterocycles. The molecule has 1 fully saturated rings. The maximum Gasteiger partial charge on any atom is 0.236 e. The molecule has 1 aromatic carbocycles. The molecule has 4 nitrogen and oxygen atoms in total. The standard InChI is InChI=1S/C15H22N2O2/c1-11-6-12(2)8-14(7-11)19-13-4-3-5-17(10-13)15(18)9-16/h6-8,13H,3-5,9-10,16H2,1-2H3. The van der Waals surface area contributed by atoms with Crippen LogP contribution in [0.2, 0.25) is 0 Å². The van der Waals surface area contributed by atoms with Crippen molar-refractivity contribution in [2.45, 2.75) is 32.8 Å². The molecule has 104 valence electrons. The molecular weight excluding hydrogens is 240 g/mol. The fourth-order valence-electron chi connectivity index (χ4n) is 2.58. The summed E-state index contributed by atoms with van der Waals surface area (Å²) in [5.74, 6) is 0.901. The molecule has 1 aromatic rings. The summed E-state index contributed by atoms with van der Waals surface area (Å²) in [5.41, 5.74) is 7.80. The zero-order chi connectivity index (χ0) is 13.8.